The van der Waals surface area contributed by atoms with E-state index in [9.17, 15) is 0 Å². The maximum Gasteiger partial charge on any atom is 0.180 e. The summed E-state index contributed by atoms with van der Waals surface area (Å²) in [6.45, 7) is 0. The fraction of sp³-hybridized carbons (Fsp3) is 0. The summed E-state index contributed by atoms with van der Waals surface area (Å²) in [4.78, 5) is 25.5. The van der Waals surface area contributed by atoms with E-state index >= 15 is 0 Å². The number of thiophene rings is 1. The third-order valence-electron chi connectivity index (χ3n) is 10.2. The predicted octanol–water partition coefficient (Wildman–Crippen LogP) is 12.9. The Labute approximate surface area is 325 Å². The SMILES string of the molecule is c1ccc(-c2ccc(-c3nc(-c4ccccc4)nc(-c4cccc5sc6ccc(-c7nc(-c8ccccc8)nc8c7oc7ccccc78)cc6c45)n3)cc2)cc1. The van der Waals surface area contributed by atoms with Crippen molar-refractivity contribution in [2.24, 2.45) is 0 Å². The molecule has 0 fully saturated rings. The third kappa shape index (κ3) is 5.52. The predicted molar refractivity (Wildman–Crippen MR) is 228 cm³/mol. The molecule has 6 nitrogen and oxygen atoms in total. The monoisotopic (exact) mass is 735 g/mol. The lowest BCUT2D eigenvalue weighted by Gasteiger charge is -2.10. The number of nitrogens with zero attached hydrogens (tertiary/aromatic N) is 5. The van der Waals surface area contributed by atoms with E-state index in [-0.39, 0.29) is 0 Å². The first-order chi connectivity index (χ1) is 27.7. The van der Waals surface area contributed by atoms with Gasteiger partial charge in [-0.1, -0.05) is 146 Å². The molecule has 0 saturated heterocycles. The van der Waals surface area contributed by atoms with Gasteiger partial charge in [-0.15, -0.1) is 11.3 Å². The Morgan fingerprint density at radius 3 is 1.64 bits per heavy atom. The van der Waals surface area contributed by atoms with Crippen LogP contribution in [0.25, 0.3) is 110 Å². The highest BCUT2D eigenvalue weighted by atomic mass is 32.1. The molecular weight excluding hydrogens is 707 g/mol. The molecule has 11 rings (SSSR count). The lowest BCUT2D eigenvalue weighted by Crippen LogP contribution is -2.00. The molecule has 0 radical (unpaired) electrons. The average Bonchev–Trinajstić information content (AvgIpc) is 3.85. The number of benzene rings is 7. The van der Waals surface area contributed by atoms with Crippen molar-refractivity contribution >= 4 is 53.6 Å². The molecule has 0 spiro atoms. The highest BCUT2D eigenvalue weighted by Gasteiger charge is 2.21. The van der Waals surface area contributed by atoms with Gasteiger partial charge in [0.05, 0.1) is 0 Å². The van der Waals surface area contributed by atoms with Crippen LogP contribution in [0.1, 0.15) is 0 Å². The summed E-state index contributed by atoms with van der Waals surface area (Å²) in [5.74, 6) is 2.51. The molecule has 0 aliphatic carbocycles. The van der Waals surface area contributed by atoms with Gasteiger partial charge in [-0.25, -0.2) is 24.9 Å². The van der Waals surface area contributed by atoms with Gasteiger partial charge < -0.3 is 4.42 Å². The highest BCUT2D eigenvalue weighted by Crippen LogP contribution is 2.43. The van der Waals surface area contributed by atoms with E-state index in [1.807, 2.05) is 84.9 Å². The number of hydrogen-bond acceptors (Lipinski definition) is 7. The summed E-state index contributed by atoms with van der Waals surface area (Å²) in [5.41, 5.74) is 9.95. The molecule has 4 aromatic heterocycles. The van der Waals surface area contributed by atoms with E-state index in [1.54, 1.807) is 11.3 Å². The zero-order valence-electron chi connectivity index (χ0n) is 29.8. The van der Waals surface area contributed by atoms with Gasteiger partial charge in [0.1, 0.15) is 16.8 Å². The normalized spacial score (nSPS) is 11.6. The summed E-state index contributed by atoms with van der Waals surface area (Å²) in [7, 11) is 0. The van der Waals surface area contributed by atoms with Gasteiger partial charge in [0, 0.05) is 53.4 Å². The maximum atomic E-state index is 6.50. The van der Waals surface area contributed by atoms with Gasteiger partial charge in [-0.05, 0) is 41.5 Å². The molecule has 7 aromatic carbocycles. The number of aromatic nitrogens is 5. The molecule has 262 valence electrons. The smallest absolute Gasteiger partial charge is 0.180 e. The molecule has 0 N–H and O–H groups in total. The topological polar surface area (TPSA) is 77.6 Å². The highest BCUT2D eigenvalue weighted by molar-refractivity contribution is 7.26. The van der Waals surface area contributed by atoms with Crippen LogP contribution < -0.4 is 0 Å². The second kappa shape index (κ2) is 13.2. The van der Waals surface area contributed by atoms with Crippen LogP contribution in [-0.4, -0.2) is 24.9 Å². The molecule has 0 atom stereocenters. The second-order valence-electron chi connectivity index (χ2n) is 13.6. The van der Waals surface area contributed by atoms with Crippen molar-refractivity contribution < 1.29 is 4.42 Å². The van der Waals surface area contributed by atoms with Crippen molar-refractivity contribution in [1.82, 2.24) is 24.9 Å². The van der Waals surface area contributed by atoms with Crippen LogP contribution in [0.4, 0.5) is 0 Å². The van der Waals surface area contributed by atoms with Crippen molar-refractivity contribution in [3.63, 3.8) is 0 Å². The van der Waals surface area contributed by atoms with E-state index in [0.29, 0.717) is 28.9 Å². The summed E-state index contributed by atoms with van der Waals surface area (Å²) in [6.07, 6.45) is 0. The molecule has 11 aromatic rings. The Morgan fingerprint density at radius 1 is 0.375 bits per heavy atom. The second-order valence-corrected chi connectivity index (χ2v) is 14.7. The van der Waals surface area contributed by atoms with Crippen LogP contribution in [0.2, 0.25) is 0 Å². The summed E-state index contributed by atoms with van der Waals surface area (Å²) >= 11 is 1.76. The van der Waals surface area contributed by atoms with Crippen LogP contribution in [0.3, 0.4) is 0 Å². The maximum absolute atomic E-state index is 6.50. The van der Waals surface area contributed by atoms with Gasteiger partial charge in [0.25, 0.3) is 0 Å². The Morgan fingerprint density at radius 2 is 0.929 bits per heavy atom. The Bertz CT molecular complexity index is 3230. The van der Waals surface area contributed by atoms with E-state index in [1.165, 1.54) is 0 Å². The van der Waals surface area contributed by atoms with Crippen molar-refractivity contribution in [3.05, 3.63) is 176 Å². The first-order valence-electron chi connectivity index (χ1n) is 18.4. The zero-order chi connectivity index (χ0) is 37.0. The van der Waals surface area contributed by atoms with E-state index in [0.717, 1.165) is 81.3 Å². The summed E-state index contributed by atoms with van der Waals surface area (Å²) < 4.78 is 8.80. The first-order valence-corrected chi connectivity index (χ1v) is 19.2. The van der Waals surface area contributed by atoms with Crippen molar-refractivity contribution in [2.75, 3.05) is 0 Å². The number of furan rings is 1. The van der Waals surface area contributed by atoms with Crippen LogP contribution in [-0.2, 0) is 0 Å². The number of hydrogen-bond donors (Lipinski definition) is 0. The minimum Gasteiger partial charge on any atom is -0.452 e. The van der Waals surface area contributed by atoms with E-state index in [2.05, 4.69) is 91.0 Å². The minimum atomic E-state index is 0.616. The van der Waals surface area contributed by atoms with Crippen molar-refractivity contribution in [1.29, 1.82) is 0 Å². The number of fused-ring (bicyclic) bond motifs is 6. The lowest BCUT2D eigenvalue weighted by atomic mass is 10.0. The Hall–Kier alpha value is -7.35. The van der Waals surface area contributed by atoms with E-state index in [4.69, 9.17) is 29.3 Å². The van der Waals surface area contributed by atoms with Crippen LogP contribution in [0.5, 0.6) is 0 Å². The Balaban J connectivity index is 1.11. The largest absolute Gasteiger partial charge is 0.452 e. The zero-order valence-corrected chi connectivity index (χ0v) is 30.6. The van der Waals surface area contributed by atoms with Crippen LogP contribution >= 0.6 is 11.3 Å². The molecule has 0 unspecified atom stereocenters. The number of para-hydroxylation sites is 1. The van der Waals surface area contributed by atoms with E-state index < -0.39 is 0 Å². The van der Waals surface area contributed by atoms with Gasteiger partial charge in [-0.3, -0.25) is 0 Å². The van der Waals surface area contributed by atoms with Gasteiger partial charge in [-0.2, -0.15) is 0 Å². The fourth-order valence-electron chi connectivity index (χ4n) is 7.45. The molecular formula is C49H29N5OS. The molecule has 0 saturated carbocycles. The molecule has 0 amide bonds. The molecule has 0 bridgehead atoms. The fourth-order valence-corrected chi connectivity index (χ4v) is 8.56. The molecule has 0 aliphatic heterocycles. The number of rotatable bonds is 6. The Kier molecular flexibility index (Phi) is 7.57. The van der Waals surface area contributed by atoms with Crippen molar-refractivity contribution in [3.8, 4) is 67.9 Å². The molecule has 0 aliphatic rings. The summed E-state index contributed by atoms with van der Waals surface area (Å²) in [6, 6.07) is 60.0. The molecule has 56 heavy (non-hydrogen) atoms. The van der Waals surface area contributed by atoms with Crippen LogP contribution in [0.15, 0.2) is 180 Å². The molecule has 4 heterocycles. The van der Waals surface area contributed by atoms with Crippen molar-refractivity contribution in [2.45, 2.75) is 0 Å². The van der Waals surface area contributed by atoms with Gasteiger partial charge in [0.15, 0.2) is 28.9 Å². The summed E-state index contributed by atoms with van der Waals surface area (Å²) in [5, 5.41) is 3.14. The molecule has 7 heteroatoms. The lowest BCUT2D eigenvalue weighted by molar-refractivity contribution is 0.667. The minimum absolute atomic E-state index is 0.616. The third-order valence-corrected chi connectivity index (χ3v) is 11.3. The standard InChI is InChI=1S/C49H29N5OS/c1-4-13-30(14-5-1)31-23-25-34(26-24-31)48-52-47(33-17-8-3-9-18-33)53-49(54-48)37-20-12-22-41-42(37)38-29-35(27-28-40(38)56-41)43-45-44(36-19-10-11-21-39(36)55-45)51-46(50-43)32-15-6-2-7-16-32/h1-29H. The quantitative estimate of drug-likeness (QED) is 0.169. The van der Waals surface area contributed by atoms with Crippen LogP contribution in [0, 0.1) is 0 Å². The first kappa shape index (κ1) is 32.1. The average molecular weight is 736 g/mol. The van der Waals surface area contributed by atoms with Gasteiger partial charge in [0.2, 0.25) is 0 Å². The van der Waals surface area contributed by atoms with Gasteiger partial charge >= 0.3 is 0 Å².